The summed E-state index contributed by atoms with van der Waals surface area (Å²) in [7, 11) is 0. The van der Waals surface area contributed by atoms with E-state index in [1.54, 1.807) is 0 Å². The van der Waals surface area contributed by atoms with E-state index in [9.17, 15) is 0 Å². The third kappa shape index (κ3) is 3.97. The first kappa shape index (κ1) is 15.4. The molecule has 0 fully saturated rings. The van der Waals surface area contributed by atoms with Crippen molar-refractivity contribution in [1.29, 1.82) is 0 Å². The van der Waals surface area contributed by atoms with E-state index in [1.807, 2.05) is 18.2 Å². The Morgan fingerprint density at radius 1 is 1.00 bits per heavy atom. The third-order valence-corrected chi connectivity index (χ3v) is 4.88. The van der Waals surface area contributed by atoms with Crippen LogP contribution in [0.5, 0.6) is 0 Å². The maximum absolute atomic E-state index is 5.94. The predicted molar refractivity (Wildman–Crippen MR) is 93.1 cm³/mol. The molecule has 0 aromatic heterocycles. The first-order chi connectivity index (χ1) is 8.97. The average Bonchev–Trinajstić information content (AvgIpc) is 2.30. The lowest BCUT2D eigenvalue weighted by atomic mass is 10.2. The summed E-state index contributed by atoms with van der Waals surface area (Å²) in [5, 5.41) is 4.15. The Balaban J connectivity index is 2.19. The zero-order valence-electron chi connectivity index (χ0n) is 10.1. The molecule has 0 bridgehead atoms. The topological polar surface area (TPSA) is 12.0 Å². The fraction of sp³-hybridized carbons (Fsp3) is 0.143. The zero-order chi connectivity index (χ0) is 14.0. The van der Waals surface area contributed by atoms with Gasteiger partial charge in [-0.3, -0.25) is 0 Å². The summed E-state index contributed by atoms with van der Waals surface area (Å²) in [5.74, 6) is 0. The van der Waals surface area contributed by atoms with E-state index in [4.69, 9.17) is 11.6 Å². The molecule has 2 aromatic rings. The molecule has 0 radical (unpaired) electrons. The number of anilines is 1. The van der Waals surface area contributed by atoms with Crippen LogP contribution in [0.4, 0.5) is 5.69 Å². The predicted octanol–water partition coefficient (Wildman–Crippen LogP) is 6.55. The smallest absolute Gasteiger partial charge is 0.0631 e. The standard InChI is InChI=1S/C14H11Br3ClN/c1-8-4-12(16)14(13(17)5-8)19-7-9-2-3-10(18)6-11(9)15/h2-6,19H,7H2,1H3. The number of benzene rings is 2. The monoisotopic (exact) mass is 465 g/mol. The van der Waals surface area contributed by atoms with Crippen molar-refractivity contribution in [3.63, 3.8) is 0 Å². The normalized spacial score (nSPS) is 10.6. The minimum atomic E-state index is 0.720. The highest BCUT2D eigenvalue weighted by Crippen LogP contribution is 2.33. The van der Waals surface area contributed by atoms with Crippen molar-refractivity contribution in [2.24, 2.45) is 0 Å². The van der Waals surface area contributed by atoms with Gasteiger partial charge >= 0.3 is 0 Å². The number of hydrogen-bond donors (Lipinski definition) is 1. The van der Waals surface area contributed by atoms with Crippen molar-refractivity contribution in [2.45, 2.75) is 13.5 Å². The highest BCUT2D eigenvalue weighted by atomic mass is 79.9. The Kier molecular flexibility index (Phi) is 5.35. The fourth-order valence-electron chi connectivity index (χ4n) is 1.72. The summed E-state index contributed by atoms with van der Waals surface area (Å²) in [6.45, 7) is 2.78. The molecule has 1 nitrogen and oxygen atoms in total. The van der Waals surface area contributed by atoms with E-state index in [2.05, 4.69) is 72.2 Å². The first-order valence-corrected chi connectivity index (χ1v) is 8.36. The molecule has 0 atom stereocenters. The number of aryl methyl sites for hydroxylation is 1. The van der Waals surface area contributed by atoms with Crippen LogP contribution in [-0.2, 0) is 6.54 Å². The number of nitrogens with one attached hydrogen (secondary N) is 1. The maximum Gasteiger partial charge on any atom is 0.0631 e. The zero-order valence-corrected chi connectivity index (χ0v) is 15.6. The SMILES string of the molecule is Cc1cc(Br)c(NCc2ccc(Cl)cc2Br)c(Br)c1. The molecule has 5 heteroatoms. The van der Waals surface area contributed by atoms with Gasteiger partial charge in [-0.05, 0) is 74.2 Å². The van der Waals surface area contributed by atoms with Crippen molar-refractivity contribution < 1.29 is 0 Å². The van der Waals surface area contributed by atoms with Crippen LogP contribution in [0.25, 0.3) is 0 Å². The van der Waals surface area contributed by atoms with E-state index in [0.29, 0.717) is 0 Å². The van der Waals surface area contributed by atoms with Gasteiger partial charge < -0.3 is 5.32 Å². The van der Waals surface area contributed by atoms with Gasteiger partial charge in [-0.25, -0.2) is 0 Å². The van der Waals surface area contributed by atoms with Gasteiger partial charge in [-0.15, -0.1) is 0 Å². The van der Waals surface area contributed by atoms with Crippen molar-refractivity contribution in [3.8, 4) is 0 Å². The molecule has 1 N–H and O–H groups in total. The van der Waals surface area contributed by atoms with E-state index >= 15 is 0 Å². The maximum atomic E-state index is 5.94. The molecule has 0 aliphatic heterocycles. The van der Waals surface area contributed by atoms with E-state index < -0.39 is 0 Å². The molecule has 0 saturated carbocycles. The van der Waals surface area contributed by atoms with Gasteiger partial charge in [-0.1, -0.05) is 33.6 Å². The second kappa shape index (κ2) is 6.61. The number of hydrogen-bond acceptors (Lipinski definition) is 1. The fourth-order valence-corrected chi connectivity index (χ4v) is 4.24. The quantitative estimate of drug-likeness (QED) is 0.539. The van der Waals surface area contributed by atoms with Crippen LogP contribution >= 0.6 is 59.4 Å². The van der Waals surface area contributed by atoms with Gasteiger partial charge in [0.25, 0.3) is 0 Å². The molecule has 0 saturated heterocycles. The van der Waals surface area contributed by atoms with Crippen LogP contribution in [0.1, 0.15) is 11.1 Å². The second-order valence-corrected chi connectivity index (χ2v) is 7.19. The van der Waals surface area contributed by atoms with Gasteiger partial charge in [0.1, 0.15) is 0 Å². The van der Waals surface area contributed by atoms with Crippen LogP contribution in [0.3, 0.4) is 0 Å². The third-order valence-electron chi connectivity index (χ3n) is 2.66. The van der Waals surface area contributed by atoms with Crippen LogP contribution < -0.4 is 5.32 Å². The first-order valence-electron chi connectivity index (χ1n) is 5.61. The van der Waals surface area contributed by atoms with Crippen LogP contribution in [0.15, 0.2) is 43.7 Å². The van der Waals surface area contributed by atoms with Gasteiger partial charge in [0, 0.05) is 25.0 Å². The molecule has 0 amide bonds. The summed E-state index contributed by atoms with van der Waals surface area (Å²) in [4.78, 5) is 0. The Hall–Kier alpha value is -0.0300. The largest absolute Gasteiger partial charge is 0.379 e. The Bertz CT molecular complexity index is 591. The summed E-state index contributed by atoms with van der Waals surface area (Å²) in [5.41, 5.74) is 3.41. The minimum Gasteiger partial charge on any atom is -0.379 e. The lowest BCUT2D eigenvalue weighted by Crippen LogP contribution is -2.02. The minimum absolute atomic E-state index is 0.720. The molecule has 0 aliphatic rings. The summed E-state index contributed by atoms with van der Waals surface area (Å²) in [6, 6.07) is 9.98. The molecule has 0 aliphatic carbocycles. The average molecular weight is 468 g/mol. The highest BCUT2D eigenvalue weighted by molar-refractivity contribution is 9.11. The summed E-state index contributed by atoms with van der Waals surface area (Å²) < 4.78 is 3.10. The molecule has 0 unspecified atom stereocenters. The van der Waals surface area contributed by atoms with Crippen LogP contribution in [0, 0.1) is 6.92 Å². The Morgan fingerprint density at radius 2 is 1.63 bits per heavy atom. The van der Waals surface area contributed by atoms with Gasteiger partial charge in [0.2, 0.25) is 0 Å². The molecule has 2 aromatic carbocycles. The van der Waals surface area contributed by atoms with Gasteiger partial charge in [-0.2, -0.15) is 0 Å². The van der Waals surface area contributed by atoms with Crippen molar-refractivity contribution in [1.82, 2.24) is 0 Å². The molecule has 100 valence electrons. The lowest BCUT2D eigenvalue weighted by molar-refractivity contribution is 1.13. The van der Waals surface area contributed by atoms with Crippen LogP contribution in [0.2, 0.25) is 5.02 Å². The van der Waals surface area contributed by atoms with E-state index in [0.717, 1.165) is 36.2 Å². The number of halogens is 4. The van der Waals surface area contributed by atoms with Crippen molar-refractivity contribution in [3.05, 3.63) is 59.9 Å². The van der Waals surface area contributed by atoms with Crippen molar-refractivity contribution >= 4 is 65.1 Å². The highest BCUT2D eigenvalue weighted by Gasteiger charge is 2.07. The lowest BCUT2D eigenvalue weighted by Gasteiger charge is -2.13. The van der Waals surface area contributed by atoms with Gasteiger partial charge in [0.05, 0.1) is 5.69 Å². The number of rotatable bonds is 3. The Labute approximate surface area is 143 Å². The van der Waals surface area contributed by atoms with Crippen LogP contribution in [-0.4, -0.2) is 0 Å². The molecule has 0 heterocycles. The molecular formula is C14H11Br3ClN. The molecule has 0 spiro atoms. The van der Waals surface area contributed by atoms with E-state index in [-0.39, 0.29) is 0 Å². The van der Waals surface area contributed by atoms with E-state index in [1.165, 1.54) is 5.56 Å². The van der Waals surface area contributed by atoms with Crippen molar-refractivity contribution in [2.75, 3.05) is 5.32 Å². The summed E-state index contributed by atoms with van der Waals surface area (Å²) >= 11 is 16.6. The Morgan fingerprint density at radius 3 is 2.21 bits per heavy atom. The molecule has 19 heavy (non-hydrogen) atoms. The van der Waals surface area contributed by atoms with Gasteiger partial charge in [0.15, 0.2) is 0 Å². The molecular weight excluding hydrogens is 457 g/mol. The summed E-state index contributed by atoms with van der Waals surface area (Å²) in [6.07, 6.45) is 0. The second-order valence-electron chi connectivity index (χ2n) is 4.19. The molecule has 2 rings (SSSR count).